The fourth-order valence-corrected chi connectivity index (χ4v) is 2.52. The summed E-state index contributed by atoms with van der Waals surface area (Å²) in [7, 11) is 11.5. The number of benzene rings is 1. The first kappa shape index (κ1) is 19.9. The van der Waals surface area contributed by atoms with Crippen LogP contribution in [0.5, 0.6) is 11.5 Å². The second-order valence-electron chi connectivity index (χ2n) is 5.31. The number of hydrogen-bond acceptors (Lipinski definition) is 4. The molecule has 1 aromatic rings. The fraction of sp³-hybridized carbons (Fsp3) is 0.600. The molecule has 0 radical (unpaired) electrons. The number of phenols is 1. The van der Waals surface area contributed by atoms with Crippen LogP contribution in [0.4, 0.5) is 5.69 Å². The molecule has 0 unspecified atom stereocenters. The molecule has 0 heterocycles. The van der Waals surface area contributed by atoms with Crippen molar-refractivity contribution < 1.29 is 30.7 Å². The van der Waals surface area contributed by atoms with Gasteiger partial charge in [0.1, 0.15) is 17.2 Å². The zero-order valence-electron chi connectivity index (χ0n) is 13.0. The molecule has 1 saturated carbocycles. The molecule has 122 valence electrons. The van der Waals surface area contributed by atoms with Gasteiger partial charge >= 0.3 is 37.9 Å². The predicted octanol–water partition coefficient (Wildman–Crippen LogP) is 5.75. The summed E-state index contributed by atoms with van der Waals surface area (Å²) < 4.78 is 5.17. The van der Waals surface area contributed by atoms with Crippen LogP contribution in [0.3, 0.4) is 0 Å². The average Bonchev–Trinajstić information content (AvgIpc) is 2.53. The van der Waals surface area contributed by atoms with E-state index in [1.807, 2.05) is 6.92 Å². The Morgan fingerprint density at radius 1 is 1.27 bits per heavy atom. The molecule has 0 aliphatic heterocycles. The van der Waals surface area contributed by atoms with E-state index in [1.54, 1.807) is 19.2 Å². The molecule has 0 atom stereocenters. The third kappa shape index (κ3) is 6.97. The van der Waals surface area contributed by atoms with E-state index in [-0.39, 0.29) is 5.75 Å². The molecule has 0 aromatic heterocycles. The Morgan fingerprint density at radius 3 is 2.50 bits per heavy atom. The first-order valence-electron chi connectivity index (χ1n) is 7.33. The maximum atomic E-state index is 9.95. The van der Waals surface area contributed by atoms with Crippen molar-refractivity contribution in [2.24, 2.45) is 16.1 Å². The van der Waals surface area contributed by atoms with Crippen molar-refractivity contribution >= 4 is 22.7 Å². The molecule has 1 aromatic carbocycles. The molecule has 22 heavy (non-hydrogen) atoms. The number of rotatable bonds is 4. The van der Waals surface area contributed by atoms with E-state index in [1.165, 1.54) is 32.1 Å². The van der Waals surface area contributed by atoms with Crippen LogP contribution in [0.1, 0.15) is 37.7 Å². The molecule has 7 heteroatoms. The standard InChI is InChI=1S/C15H22N2O2.2ClH.Zr/c1-11-8-13(19-2)9-14(15(11)18)17-16-10-12-6-4-3-5-7-12;;;/h8-9,12,18H,3-7,10H2,1-2H3;2*1H;/q;;;+2/p-2. The van der Waals surface area contributed by atoms with Crippen molar-refractivity contribution in [3.63, 3.8) is 0 Å². The second-order valence-corrected chi connectivity index (χ2v) is 9.04. The van der Waals surface area contributed by atoms with Crippen molar-refractivity contribution in [2.75, 3.05) is 13.7 Å². The van der Waals surface area contributed by atoms with E-state index in [0.717, 1.165) is 12.1 Å². The van der Waals surface area contributed by atoms with E-state index in [9.17, 15) is 5.11 Å². The van der Waals surface area contributed by atoms with Gasteiger partial charge in [0.25, 0.3) is 0 Å². The summed E-state index contributed by atoms with van der Waals surface area (Å²) in [5.41, 5.74) is 1.25. The number of nitrogens with zero attached hydrogens (tertiary/aromatic N) is 2. The Balaban J connectivity index is 0.000000745. The van der Waals surface area contributed by atoms with Gasteiger partial charge in [-0.25, -0.2) is 0 Å². The number of azo groups is 1. The van der Waals surface area contributed by atoms with Crippen LogP contribution < -0.4 is 4.74 Å². The van der Waals surface area contributed by atoms with E-state index in [0.29, 0.717) is 17.4 Å². The van der Waals surface area contributed by atoms with Crippen LogP contribution in [0.2, 0.25) is 0 Å². The van der Waals surface area contributed by atoms with Gasteiger partial charge in [0.2, 0.25) is 0 Å². The number of hydrogen-bond donors (Lipinski definition) is 1. The molecule has 0 bridgehead atoms. The van der Waals surface area contributed by atoms with Crippen LogP contribution in [-0.4, -0.2) is 18.8 Å². The Hall–Kier alpha value is -0.117. The SMILES string of the molecule is COc1cc(C)c(O)c(N=NCC2CCCCC2)c1.[Cl][Zr][Cl]. The molecular weight excluding hydrogens is 402 g/mol. The van der Waals surface area contributed by atoms with Crippen molar-refractivity contribution in [3.8, 4) is 11.5 Å². The third-order valence-corrected chi connectivity index (χ3v) is 3.73. The third-order valence-electron chi connectivity index (χ3n) is 3.73. The number of aromatic hydroxyl groups is 1. The van der Waals surface area contributed by atoms with Gasteiger partial charge in [-0.15, -0.1) is 0 Å². The maximum absolute atomic E-state index is 9.95. The van der Waals surface area contributed by atoms with Crippen molar-refractivity contribution in [1.82, 2.24) is 0 Å². The topological polar surface area (TPSA) is 54.2 Å². The monoisotopic (exact) mass is 422 g/mol. The van der Waals surface area contributed by atoms with Gasteiger partial charge in [0.05, 0.1) is 13.7 Å². The first-order valence-corrected chi connectivity index (χ1v) is 13.7. The van der Waals surface area contributed by atoms with Gasteiger partial charge in [-0.05, 0) is 37.3 Å². The predicted molar refractivity (Wildman–Crippen MR) is 87.1 cm³/mol. The van der Waals surface area contributed by atoms with Gasteiger partial charge in [0.15, 0.2) is 0 Å². The van der Waals surface area contributed by atoms with Crippen molar-refractivity contribution in [1.29, 1.82) is 0 Å². The molecule has 0 amide bonds. The van der Waals surface area contributed by atoms with E-state index in [2.05, 4.69) is 10.2 Å². The molecule has 2 rings (SSSR count). The average molecular weight is 424 g/mol. The molecule has 0 saturated heterocycles. The summed E-state index contributed by atoms with van der Waals surface area (Å²) in [5, 5.41) is 18.4. The van der Waals surface area contributed by atoms with Gasteiger partial charge in [-0.3, -0.25) is 0 Å². The molecule has 1 fully saturated rings. The Bertz CT molecular complexity index is 481. The number of ether oxygens (including phenoxy) is 1. The Labute approximate surface area is 150 Å². The van der Waals surface area contributed by atoms with Crippen LogP contribution in [-0.2, 0) is 20.8 Å². The molecule has 1 aliphatic carbocycles. The summed E-state index contributed by atoms with van der Waals surface area (Å²) >= 11 is -0.826. The van der Waals surface area contributed by atoms with E-state index < -0.39 is 20.8 Å². The van der Waals surface area contributed by atoms with E-state index in [4.69, 9.17) is 21.8 Å². The fourth-order valence-electron chi connectivity index (χ4n) is 2.52. The summed E-state index contributed by atoms with van der Waals surface area (Å²) in [6.07, 6.45) is 6.47. The van der Waals surface area contributed by atoms with Crippen molar-refractivity contribution in [3.05, 3.63) is 17.7 Å². The number of halogens is 2. The molecular formula is C15H22Cl2N2O2Zr. The second kappa shape index (κ2) is 11.4. The number of methoxy groups -OCH3 is 1. The number of phenolic OH excluding ortho intramolecular Hbond substituents is 1. The minimum absolute atomic E-state index is 0.188. The van der Waals surface area contributed by atoms with Gasteiger partial charge in [0, 0.05) is 6.07 Å². The summed E-state index contributed by atoms with van der Waals surface area (Å²) in [6.45, 7) is 2.59. The van der Waals surface area contributed by atoms with Gasteiger partial charge in [-0.2, -0.15) is 10.2 Å². The Kier molecular flexibility index (Phi) is 10.3. The zero-order chi connectivity index (χ0) is 16.4. The van der Waals surface area contributed by atoms with Crippen LogP contribution >= 0.6 is 17.0 Å². The quantitative estimate of drug-likeness (QED) is 0.626. The van der Waals surface area contributed by atoms with Gasteiger partial charge < -0.3 is 9.84 Å². The van der Waals surface area contributed by atoms with Crippen LogP contribution in [0, 0.1) is 12.8 Å². The first-order chi connectivity index (χ1) is 10.6. The molecule has 0 spiro atoms. The summed E-state index contributed by atoms with van der Waals surface area (Å²) in [4.78, 5) is 0. The van der Waals surface area contributed by atoms with Crippen LogP contribution in [0.25, 0.3) is 0 Å². The zero-order valence-corrected chi connectivity index (χ0v) is 17.0. The van der Waals surface area contributed by atoms with E-state index >= 15 is 0 Å². The summed E-state index contributed by atoms with van der Waals surface area (Å²) in [5.74, 6) is 1.54. The number of aryl methyl sites for hydroxylation is 1. The summed E-state index contributed by atoms with van der Waals surface area (Å²) in [6, 6.07) is 3.50. The molecule has 1 N–H and O–H groups in total. The van der Waals surface area contributed by atoms with Crippen LogP contribution in [0.15, 0.2) is 22.4 Å². The van der Waals surface area contributed by atoms with Gasteiger partial charge in [-0.1, -0.05) is 19.3 Å². The normalized spacial score (nSPS) is 15.3. The Morgan fingerprint density at radius 2 is 1.91 bits per heavy atom. The minimum atomic E-state index is -0.826. The van der Waals surface area contributed by atoms with Crippen molar-refractivity contribution in [2.45, 2.75) is 39.0 Å². The molecule has 1 aliphatic rings. The molecule has 4 nitrogen and oxygen atoms in total.